The Morgan fingerprint density at radius 1 is 1.26 bits per heavy atom. The first-order chi connectivity index (χ1) is 8.88. The Morgan fingerprint density at radius 2 is 1.89 bits per heavy atom. The third-order valence-corrected chi connectivity index (χ3v) is 4.21. The molecule has 1 rings (SSSR count). The molecule has 1 atom stereocenters. The number of hydrogen-bond acceptors (Lipinski definition) is 5. The van der Waals surface area contributed by atoms with Gasteiger partial charge in [0.25, 0.3) is 0 Å². The predicted molar refractivity (Wildman–Crippen MR) is 72.4 cm³/mol. The number of sulfone groups is 1. The summed E-state index contributed by atoms with van der Waals surface area (Å²) in [5.41, 5.74) is 0.275. The van der Waals surface area contributed by atoms with E-state index in [1.807, 2.05) is 0 Å². The first kappa shape index (κ1) is 15.7. The van der Waals surface area contributed by atoms with E-state index < -0.39 is 20.9 Å². The molecule has 0 saturated carbocycles. The number of carbonyl (C=O) groups is 1. The van der Waals surface area contributed by atoms with Crippen molar-refractivity contribution in [2.24, 2.45) is 0 Å². The highest BCUT2D eigenvalue weighted by atomic mass is 32.2. The first-order valence-electron chi connectivity index (χ1n) is 5.81. The van der Waals surface area contributed by atoms with Crippen molar-refractivity contribution >= 4 is 15.6 Å². The highest BCUT2D eigenvalue weighted by molar-refractivity contribution is 7.92. The van der Waals surface area contributed by atoms with Gasteiger partial charge < -0.3 is 9.47 Å². The van der Waals surface area contributed by atoms with Crippen molar-refractivity contribution in [2.75, 3.05) is 26.6 Å². The van der Waals surface area contributed by atoms with E-state index in [0.29, 0.717) is 19.0 Å². The summed E-state index contributed by atoms with van der Waals surface area (Å²) >= 11 is 0. The van der Waals surface area contributed by atoms with E-state index in [9.17, 15) is 13.2 Å². The van der Waals surface area contributed by atoms with Crippen LogP contribution >= 0.6 is 0 Å². The summed E-state index contributed by atoms with van der Waals surface area (Å²) in [6.45, 7) is 2.07. The average Bonchev–Trinajstić information content (AvgIpc) is 2.37. The van der Waals surface area contributed by atoms with Crippen LogP contribution in [-0.2, 0) is 14.6 Å². The van der Waals surface area contributed by atoms with E-state index in [4.69, 9.17) is 9.47 Å². The molecule has 0 fully saturated rings. The molecule has 0 spiro atoms. The Labute approximate surface area is 113 Å². The summed E-state index contributed by atoms with van der Waals surface area (Å²) < 4.78 is 33.2. The molecule has 1 aromatic rings. The smallest absolute Gasteiger partial charge is 0.184 e. The Balaban J connectivity index is 2.97. The third kappa shape index (κ3) is 4.33. The molecule has 0 aliphatic carbocycles. The van der Waals surface area contributed by atoms with Crippen molar-refractivity contribution in [1.82, 2.24) is 0 Å². The number of methoxy groups -OCH3 is 1. The second-order valence-electron chi connectivity index (χ2n) is 4.17. The Kier molecular flexibility index (Phi) is 5.50. The number of benzene rings is 1. The quantitative estimate of drug-likeness (QED) is 0.558. The lowest BCUT2D eigenvalue weighted by molar-refractivity contribution is 0.0983. The maximum Gasteiger partial charge on any atom is 0.184 e. The molecule has 106 valence electrons. The van der Waals surface area contributed by atoms with Crippen molar-refractivity contribution in [1.29, 1.82) is 0 Å². The fourth-order valence-corrected chi connectivity index (χ4v) is 1.96. The molecule has 1 unspecified atom stereocenters. The first-order valence-corrected chi connectivity index (χ1v) is 7.77. The van der Waals surface area contributed by atoms with Crippen LogP contribution < -0.4 is 4.74 Å². The summed E-state index contributed by atoms with van der Waals surface area (Å²) in [5, 5.41) is -1.08. The van der Waals surface area contributed by atoms with Gasteiger partial charge in [0.1, 0.15) is 17.6 Å². The van der Waals surface area contributed by atoms with Gasteiger partial charge in [-0.25, -0.2) is 8.42 Å². The van der Waals surface area contributed by atoms with E-state index in [1.165, 1.54) is 6.92 Å². The van der Waals surface area contributed by atoms with E-state index in [2.05, 4.69) is 0 Å². The van der Waals surface area contributed by atoms with Crippen molar-refractivity contribution in [2.45, 2.75) is 12.2 Å². The third-order valence-electron chi connectivity index (χ3n) is 2.71. The van der Waals surface area contributed by atoms with Crippen molar-refractivity contribution in [3.8, 4) is 5.75 Å². The average molecular weight is 286 g/mol. The molecule has 1 aromatic carbocycles. The Morgan fingerprint density at radius 3 is 2.47 bits per heavy atom. The van der Waals surface area contributed by atoms with E-state index >= 15 is 0 Å². The van der Waals surface area contributed by atoms with E-state index in [0.717, 1.165) is 6.26 Å². The van der Waals surface area contributed by atoms with Gasteiger partial charge in [-0.1, -0.05) is 12.1 Å². The normalized spacial score (nSPS) is 13.0. The van der Waals surface area contributed by atoms with Gasteiger partial charge in [0.15, 0.2) is 15.6 Å². The summed E-state index contributed by atoms with van der Waals surface area (Å²) in [5.74, 6) is -0.0874. The molecule has 0 aromatic heterocycles. The minimum atomic E-state index is -3.42. The summed E-state index contributed by atoms with van der Waals surface area (Å²) in [6, 6.07) is 6.60. The van der Waals surface area contributed by atoms with Gasteiger partial charge in [0.05, 0.1) is 12.2 Å². The van der Waals surface area contributed by atoms with Crippen molar-refractivity contribution in [3.63, 3.8) is 0 Å². The molecule has 5 nitrogen and oxygen atoms in total. The second kappa shape index (κ2) is 6.68. The van der Waals surface area contributed by atoms with Crippen LogP contribution in [0, 0.1) is 0 Å². The van der Waals surface area contributed by atoms with Crippen LogP contribution in [-0.4, -0.2) is 46.0 Å². The monoisotopic (exact) mass is 286 g/mol. The lowest BCUT2D eigenvalue weighted by Gasteiger charge is -2.13. The second-order valence-corrected chi connectivity index (χ2v) is 6.54. The highest BCUT2D eigenvalue weighted by Crippen LogP contribution is 2.21. The van der Waals surface area contributed by atoms with Crippen molar-refractivity contribution < 1.29 is 22.7 Å². The van der Waals surface area contributed by atoms with E-state index in [1.54, 1.807) is 31.4 Å². The zero-order chi connectivity index (χ0) is 14.5. The lowest BCUT2D eigenvalue weighted by Crippen LogP contribution is -2.26. The molecule has 0 bridgehead atoms. The van der Waals surface area contributed by atoms with Gasteiger partial charge in [-0.3, -0.25) is 4.79 Å². The van der Waals surface area contributed by atoms with Crippen LogP contribution in [0.3, 0.4) is 0 Å². The fraction of sp³-hybridized carbons (Fsp3) is 0.462. The number of rotatable bonds is 7. The van der Waals surface area contributed by atoms with Crippen molar-refractivity contribution in [3.05, 3.63) is 29.8 Å². The molecular formula is C13H18O5S. The maximum atomic E-state index is 12.2. The van der Waals surface area contributed by atoms with Gasteiger partial charge >= 0.3 is 0 Å². The molecule has 6 heteroatoms. The highest BCUT2D eigenvalue weighted by Gasteiger charge is 2.26. The number of ketones is 1. The van der Waals surface area contributed by atoms with Crippen LogP contribution in [0.1, 0.15) is 17.3 Å². The Bertz CT molecular complexity index is 536. The minimum absolute atomic E-state index is 0.275. The minimum Gasteiger partial charge on any atom is -0.490 e. The number of hydrogen-bond donors (Lipinski definition) is 0. The molecule has 0 aliphatic rings. The molecule has 0 N–H and O–H groups in total. The molecular weight excluding hydrogens is 268 g/mol. The Hall–Kier alpha value is -1.40. The summed E-state index contributed by atoms with van der Waals surface area (Å²) in [7, 11) is -1.87. The van der Waals surface area contributed by atoms with Gasteiger partial charge in [-0.15, -0.1) is 0 Å². The molecule has 0 heterocycles. The number of para-hydroxylation sites is 1. The van der Waals surface area contributed by atoms with Crippen LogP contribution in [0.4, 0.5) is 0 Å². The maximum absolute atomic E-state index is 12.2. The fourth-order valence-electron chi connectivity index (χ4n) is 1.44. The van der Waals surface area contributed by atoms with Gasteiger partial charge in [0.2, 0.25) is 0 Å². The number of carbonyl (C=O) groups excluding carboxylic acids is 1. The summed E-state index contributed by atoms with van der Waals surface area (Å²) in [6.07, 6.45) is 1.05. The SMILES string of the molecule is COCCOc1ccccc1C(=O)C(C)S(C)(=O)=O. The number of Topliss-reactive ketones (excluding diaryl/α,β-unsaturated/α-hetero) is 1. The van der Waals surface area contributed by atoms with Crippen LogP contribution in [0.25, 0.3) is 0 Å². The van der Waals surface area contributed by atoms with Crippen LogP contribution in [0.5, 0.6) is 5.75 Å². The largest absolute Gasteiger partial charge is 0.490 e. The molecule has 0 amide bonds. The van der Waals surface area contributed by atoms with Gasteiger partial charge in [-0.05, 0) is 19.1 Å². The standard InChI is InChI=1S/C13H18O5S/c1-10(19(3,15)16)13(14)11-6-4-5-7-12(11)18-9-8-17-2/h4-7,10H,8-9H2,1-3H3. The number of ether oxygens (including phenoxy) is 2. The van der Waals surface area contributed by atoms with Gasteiger partial charge in [0, 0.05) is 13.4 Å². The van der Waals surface area contributed by atoms with Gasteiger partial charge in [-0.2, -0.15) is 0 Å². The molecule has 0 aliphatic heterocycles. The molecule has 19 heavy (non-hydrogen) atoms. The topological polar surface area (TPSA) is 69.7 Å². The molecule has 0 saturated heterocycles. The predicted octanol–water partition coefficient (Wildman–Crippen LogP) is 1.33. The van der Waals surface area contributed by atoms with Crippen LogP contribution in [0.15, 0.2) is 24.3 Å². The zero-order valence-corrected chi connectivity index (χ0v) is 12.1. The van der Waals surface area contributed by atoms with Crippen LogP contribution in [0.2, 0.25) is 0 Å². The summed E-state index contributed by atoms with van der Waals surface area (Å²) in [4.78, 5) is 12.2. The zero-order valence-electron chi connectivity index (χ0n) is 11.3. The molecule has 0 radical (unpaired) electrons. The lowest BCUT2D eigenvalue weighted by atomic mass is 10.1. The van der Waals surface area contributed by atoms with E-state index in [-0.39, 0.29) is 5.56 Å².